The van der Waals surface area contributed by atoms with Crippen molar-refractivity contribution in [2.45, 2.75) is 51.6 Å². The SMILES string of the molecule is CC(N)CC(=O)NCc1ccccc1CS(=O)(=O)NC(C)C.Cl. The highest BCUT2D eigenvalue weighted by Crippen LogP contribution is 2.12. The predicted octanol–water partition coefficient (Wildman–Crippen LogP) is 1.29. The zero-order valence-corrected chi connectivity index (χ0v) is 15.3. The van der Waals surface area contributed by atoms with Crippen molar-refractivity contribution >= 4 is 28.3 Å². The van der Waals surface area contributed by atoms with Crippen molar-refractivity contribution in [3.05, 3.63) is 35.4 Å². The molecule has 1 aromatic rings. The predicted molar refractivity (Wildman–Crippen MR) is 94.7 cm³/mol. The molecule has 0 aromatic heterocycles. The van der Waals surface area contributed by atoms with Crippen LogP contribution < -0.4 is 15.8 Å². The summed E-state index contributed by atoms with van der Waals surface area (Å²) >= 11 is 0. The van der Waals surface area contributed by atoms with Crippen molar-refractivity contribution in [2.24, 2.45) is 5.73 Å². The van der Waals surface area contributed by atoms with E-state index in [0.717, 1.165) is 5.56 Å². The van der Waals surface area contributed by atoms with Gasteiger partial charge in [0.2, 0.25) is 15.9 Å². The fraction of sp³-hybridized carbons (Fsp3) is 0.533. The maximum atomic E-state index is 12.0. The van der Waals surface area contributed by atoms with E-state index in [1.54, 1.807) is 32.9 Å². The van der Waals surface area contributed by atoms with Crippen LogP contribution in [0.15, 0.2) is 24.3 Å². The number of hydrogen-bond acceptors (Lipinski definition) is 4. The molecule has 1 unspecified atom stereocenters. The number of carbonyl (C=O) groups is 1. The van der Waals surface area contributed by atoms with Crippen LogP contribution in [0.4, 0.5) is 0 Å². The first-order chi connectivity index (χ1) is 10.2. The molecule has 0 aliphatic rings. The Balaban J connectivity index is 0.00000484. The molecular formula is C15H26ClN3O3S. The Morgan fingerprint density at radius 1 is 1.17 bits per heavy atom. The lowest BCUT2D eigenvalue weighted by Crippen LogP contribution is -2.32. The summed E-state index contributed by atoms with van der Waals surface area (Å²) in [5, 5.41) is 2.76. The first-order valence-corrected chi connectivity index (χ1v) is 8.94. The van der Waals surface area contributed by atoms with Crippen molar-refractivity contribution in [3.8, 4) is 0 Å². The van der Waals surface area contributed by atoms with Crippen molar-refractivity contribution in [1.29, 1.82) is 0 Å². The van der Waals surface area contributed by atoms with Gasteiger partial charge < -0.3 is 11.1 Å². The van der Waals surface area contributed by atoms with Gasteiger partial charge in [-0.3, -0.25) is 4.79 Å². The fourth-order valence-corrected chi connectivity index (χ4v) is 3.53. The number of carbonyl (C=O) groups excluding carboxylic acids is 1. The molecule has 1 atom stereocenters. The number of nitrogens with two attached hydrogens (primary N) is 1. The zero-order chi connectivity index (χ0) is 16.8. The van der Waals surface area contributed by atoms with Crippen molar-refractivity contribution in [3.63, 3.8) is 0 Å². The van der Waals surface area contributed by atoms with Crippen LogP contribution in [0.25, 0.3) is 0 Å². The van der Waals surface area contributed by atoms with Gasteiger partial charge in [0.25, 0.3) is 0 Å². The van der Waals surface area contributed by atoms with Gasteiger partial charge in [0.15, 0.2) is 0 Å². The van der Waals surface area contributed by atoms with E-state index < -0.39 is 10.0 Å². The van der Waals surface area contributed by atoms with Gasteiger partial charge in [-0.15, -0.1) is 12.4 Å². The minimum Gasteiger partial charge on any atom is -0.352 e. The van der Waals surface area contributed by atoms with Crippen LogP contribution in [0.1, 0.15) is 38.3 Å². The third kappa shape index (κ3) is 8.90. The molecule has 0 saturated carbocycles. The van der Waals surface area contributed by atoms with E-state index >= 15 is 0 Å². The highest BCUT2D eigenvalue weighted by atomic mass is 35.5. The number of amides is 1. The maximum Gasteiger partial charge on any atom is 0.221 e. The van der Waals surface area contributed by atoms with Crippen LogP contribution in [0, 0.1) is 0 Å². The molecule has 0 radical (unpaired) electrons. The number of nitrogens with one attached hydrogen (secondary N) is 2. The van der Waals surface area contributed by atoms with Gasteiger partial charge in [0, 0.05) is 25.0 Å². The Bertz CT molecular complexity index is 604. The Labute approximate surface area is 144 Å². The van der Waals surface area contributed by atoms with Crippen molar-refractivity contribution in [1.82, 2.24) is 10.0 Å². The van der Waals surface area contributed by atoms with E-state index in [9.17, 15) is 13.2 Å². The Morgan fingerprint density at radius 2 is 1.74 bits per heavy atom. The number of hydrogen-bond donors (Lipinski definition) is 3. The Morgan fingerprint density at radius 3 is 2.26 bits per heavy atom. The summed E-state index contributed by atoms with van der Waals surface area (Å²) in [7, 11) is -3.40. The largest absolute Gasteiger partial charge is 0.352 e. The lowest BCUT2D eigenvalue weighted by Gasteiger charge is -2.13. The van der Waals surface area contributed by atoms with Crippen LogP contribution >= 0.6 is 12.4 Å². The summed E-state index contributed by atoms with van der Waals surface area (Å²) in [6, 6.07) is 6.82. The topological polar surface area (TPSA) is 101 Å². The lowest BCUT2D eigenvalue weighted by atomic mass is 10.1. The third-order valence-corrected chi connectivity index (χ3v) is 4.38. The number of rotatable bonds is 8. The number of halogens is 1. The average molecular weight is 364 g/mol. The molecule has 8 heteroatoms. The molecule has 6 nitrogen and oxygen atoms in total. The molecular weight excluding hydrogens is 338 g/mol. The lowest BCUT2D eigenvalue weighted by molar-refractivity contribution is -0.121. The van der Waals surface area contributed by atoms with E-state index in [1.165, 1.54) is 0 Å². The van der Waals surface area contributed by atoms with Crippen molar-refractivity contribution < 1.29 is 13.2 Å². The van der Waals surface area contributed by atoms with Gasteiger partial charge in [-0.2, -0.15) is 0 Å². The van der Waals surface area contributed by atoms with Gasteiger partial charge >= 0.3 is 0 Å². The molecule has 0 aliphatic heterocycles. The van der Waals surface area contributed by atoms with E-state index in [1.807, 2.05) is 12.1 Å². The molecule has 1 aromatic carbocycles. The van der Waals surface area contributed by atoms with E-state index in [2.05, 4.69) is 10.0 Å². The third-order valence-electron chi connectivity index (χ3n) is 2.86. The minimum atomic E-state index is -3.40. The minimum absolute atomic E-state index is 0. The van der Waals surface area contributed by atoms with Gasteiger partial charge in [-0.1, -0.05) is 24.3 Å². The zero-order valence-electron chi connectivity index (χ0n) is 13.7. The molecule has 1 amide bonds. The molecule has 23 heavy (non-hydrogen) atoms. The summed E-state index contributed by atoms with van der Waals surface area (Å²) in [6.07, 6.45) is 0.245. The smallest absolute Gasteiger partial charge is 0.221 e. The second-order valence-corrected chi connectivity index (χ2v) is 7.51. The average Bonchev–Trinajstić information content (AvgIpc) is 2.34. The molecule has 0 bridgehead atoms. The maximum absolute atomic E-state index is 12.0. The summed E-state index contributed by atoms with van der Waals surface area (Å²) in [4.78, 5) is 11.6. The van der Waals surface area contributed by atoms with Crippen LogP contribution in [0.5, 0.6) is 0 Å². The fourth-order valence-electron chi connectivity index (χ4n) is 2.03. The van der Waals surface area contributed by atoms with Crippen LogP contribution in [0.3, 0.4) is 0 Å². The Kier molecular flexibility index (Phi) is 9.38. The highest BCUT2D eigenvalue weighted by Gasteiger charge is 2.15. The van der Waals surface area contributed by atoms with Crippen LogP contribution in [0.2, 0.25) is 0 Å². The van der Waals surface area contributed by atoms with E-state index in [-0.39, 0.29) is 42.6 Å². The van der Waals surface area contributed by atoms with Gasteiger partial charge in [0.05, 0.1) is 5.75 Å². The number of sulfonamides is 1. The molecule has 0 saturated heterocycles. The first-order valence-electron chi connectivity index (χ1n) is 7.28. The summed E-state index contributed by atoms with van der Waals surface area (Å²) in [5.74, 6) is -0.252. The summed E-state index contributed by atoms with van der Waals surface area (Å²) < 4.78 is 26.6. The Hall–Kier alpha value is -1.15. The highest BCUT2D eigenvalue weighted by molar-refractivity contribution is 7.88. The number of benzene rings is 1. The van der Waals surface area contributed by atoms with E-state index in [4.69, 9.17) is 5.73 Å². The molecule has 0 heterocycles. The molecule has 132 valence electrons. The second-order valence-electron chi connectivity index (χ2n) is 5.76. The van der Waals surface area contributed by atoms with Gasteiger partial charge in [0.1, 0.15) is 0 Å². The second kappa shape index (κ2) is 9.87. The van der Waals surface area contributed by atoms with Gasteiger partial charge in [-0.05, 0) is 31.9 Å². The molecule has 4 N–H and O–H groups in total. The standard InChI is InChI=1S/C15H25N3O3S.ClH/c1-11(2)18-22(20,21)10-14-7-5-4-6-13(14)9-17-15(19)8-12(3)16;/h4-7,11-12,18H,8-10,16H2,1-3H3,(H,17,19);1H. The van der Waals surface area contributed by atoms with Crippen molar-refractivity contribution in [2.75, 3.05) is 0 Å². The van der Waals surface area contributed by atoms with Crippen LogP contribution in [-0.2, 0) is 27.1 Å². The van der Waals surface area contributed by atoms with E-state index in [0.29, 0.717) is 12.1 Å². The molecule has 1 rings (SSSR count). The van der Waals surface area contributed by atoms with Crippen LogP contribution in [-0.4, -0.2) is 26.4 Å². The van der Waals surface area contributed by atoms with Gasteiger partial charge in [-0.25, -0.2) is 13.1 Å². The summed E-state index contributed by atoms with van der Waals surface area (Å²) in [6.45, 7) is 5.60. The quantitative estimate of drug-likeness (QED) is 0.647. The monoisotopic (exact) mass is 363 g/mol. The first kappa shape index (κ1) is 21.9. The molecule has 0 fully saturated rings. The normalized spacial score (nSPS) is 12.6. The molecule has 0 aliphatic carbocycles. The summed E-state index contributed by atoms with van der Waals surface area (Å²) in [5.41, 5.74) is 7.04. The molecule has 0 spiro atoms.